The van der Waals surface area contributed by atoms with Gasteiger partial charge in [-0.05, 0) is 63.0 Å². The van der Waals surface area contributed by atoms with Gasteiger partial charge in [-0.3, -0.25) is 0 Å². The van der Waals surface area contributed by atoms with Gasteiger partial charge >= 0.3 is 0 Å². The largest absolute Gasteiger partial charge is 0.244 e. The number of fused-ring (bicyclic) bond motifs is 4. The zero-order valence-electron chi connectivity index (χ0n) is 24.7. The third-order valence-electron chi connectivity index (χ3n) is 10.5. The molecule has 4 nitrogen and oxygen atoms in total. The quantitative estimate of drug-likeness (QED) is 0.339. The molecule has 0 aliphatic heterocycles. The summed E-state index contributed by atoms with van der Waals surface area (Å²) in [7, 11) is 0. The molecular formula is C36H36N4. The van der Waals surface area contributed by atoms with Crippen LogP contribution in [0.15, 0.2) is 60.0 Å². The lowest BCUT2D eigenvalue weighted by molar-refractivity contribution is 0.516. The predicted molar refractivity (Wildman–Crippen MR) is 162 cm³/mol. The smallest absolute Gasteiger partial charge is 0.116 e. The van der Waals surface area contributed by atoms with Crippen molar-refractivity contribution in [3.63, 3.8) is 0 Å². The number of rotatable bonds is 2. The van der Waals surface area contributed by atoms with Crippen molar-refractivity contribution in [1.82, 2.24) is 19.9 Å². The summed E-state index contributed by atoms with van der Waals surface area (Å²) in [6, 6.07) is 2.45. The summed E-state index contributed by atoms with van der Waals surface area (Å²) in [5.41, 5.74) is 18.5. The minimum atomic E-state index is -0.186. The van der Waals surface area contributed by atoms with Crippen LogP contribution in [0.1, 0.15) is 106 Å². The molecule has 200 valence electrons. The molecule has 5 aliphatic carbocycles. The number of allylic oxidation sites excluding steroid dienone is 7. The van der Waals surface area contributed by atoms with Crippen LogP contribution in [0.5, 0.6) is 0 Å². The van der Waals surface area contributed by atoms with Crippen LogP contribution in [0.3, 0.4) is 0 Å². The number of nitrogens with zero attached hydrogens (tertiary/aromatic N) is 4. The van der Waals surface area contributed by atoms with Crippen LogP contribution in [0.2, 0.25) is 0 Å². The van der Waals surface area contributed by atoms with E-state index >= 15 is 0 Å². The van der Waals surface area contributed by atoms with Gasteiger partial charge in [-0.2, -0.15) is 0 Å². The zero-order chi connectivity index (χ0) is 27.9. The average Bonchev–Trinajstić information content (AvgIpc) is 2.93. The molecule has 2 unspecified atom stereocenters. The van der Waals surface area contributed by atoms with Gasteiger partial charge < -0.3 is 0 Å². The lowest BCUT2D eigenvalue weighted by Crippen LogP contribution is -2.40. The molecule has 3 aromatic rings. The molecule has 0 radical (unpaired) electrons. The second-order valence-corrected chi connectivity index (χ2v) is 14.0. The topological polar surface area (TPSA) is 51.6 Å². The molecule has 0 spiro atoms. The van der Waals surface area contributed by atoms with E-state index in [1.54, 1.807) is 12.7 Å². The number of hydrogen-bond acceptors (Lipinski definition) is 4. The zero-order valence-corrected chi connectivity index (χ0v) is 24.7. The van der Waals surface area contributed by atoms with E-state index in [-0.39, 0.29) is 16.7 Å². The number of hydrogen-bond donors (Lipinski definition) is 0. The van der Waals surface area contributed by atoms with Crippen LogP contribution < -0.4 is 0 Å². The molecule has 0 saturated carbocycles. The molecule has 8 rings (SSSR count). The summed E-state index contributed by atoms with van der Waals surface area (Å²) >= 11 is 0. The van der Waals surface area contributed by atoms with E-state index in [4.69, 9.17) is 9.97 Å². The predicted octanol–water partition coefficient (Wildman–Crippen LogP) is 8.18. The Morgan fingerprint density at radius 1 is 0.775 bits per heavy atom. The van der Waals surface area contributed by atoms with Crippen molar-refractivity contribution in [1.29, 1.82) is 0 Å². The first kappa shape index (κ1) is 24.2. The van der Waals surface area contributed by atoms with E-state index in [1.807, 2.05) is 12.4 Å². The molecule has 0 N–H and O–H groups in total. The highest BCUT2D eigenvalue weighted by atomic mass is 14.8. The van der Waals surface area contributed by atoms with E-state index in [1.165, 1.54) is 66.8 Å². The standard InChI is InChI=1S/C36H36N4/c1-17(2)19-9-23-29-26(36(7,8)27-13-37-15-39-33(23)27)12-22-20(18(3)4)10-24-30-25(11-21(19)31(29)32(22)30)35(5,6)28-14-38-16-40-34(24)28/h9-18,21,31H,1-8H3. The van der Waals surface area contributed by atoms with Crippen molar-refractivity contribution in [2.75, 3.05) is 0 Å². The summed E-state index contributed by atoms with van der Waals surface area (Å²) in [4.78, 5) is 18.8. The van der Waals surface area contributed by atoms with Crippen LogP contribution in [0, 0.1) is 11.8 Å². The van der Waals surface area contributed by atoms with Gasteiger partial charge in [0.15, 0.2) is 0 Å². The fourth-order valence-corrected chi connectivity index (χ4v) is 8.45. The lowest BCUT2D eigenvalue weighted by Gasteiger charge is -2.52. The van der Waals surface area contributed by atoms with Crippen molar-refractivity contribution in [2.24, 2.45) is 11.8 Å². The van der Waals surface area contributed by atoms with Crippen LogP contribution in [-0.4, -0.2) is 19.9 Å². The minimum Gasteiger partial charge on any atom is -0.244 e. The van der Waals surface area contributed by atoms with Crippen molar-refractivity contribution in [2.45, 2.75) is 78.1 Å². The Labute approximate surface area is 237 Å². The highest BCUT2D eigenvalue weighted by Crippen LogP contribution is 2.66. The molecule has 0 bridgehead atoms. The van der Waals surface area contributed by atoms with E-state index in [0.717, 1.165) is 11.4 Å². The first-order valence-corrected chi connectivity index (χ1v) is 14.8. The average molecular weight is 525 g/mol. The highest BCUT2D eigenvalue weighted by Gasteiger charge is 2.52. The van der Waals surface area contributed by atoms with Gasteiger partial charge in [-0.25, -0.2) is 19.9 Å². The highest BCUT2D eigenvalue weighted by molar-refractivity contribution is 6.01. The van der Waals surface area contributed by atoms with Gasteiger partial charge in [0, 0.05) is 57.3 Å². The Kier molecular flexibility index (Phi) is 4.56. The summed E-state index contributed by atoms with van der Waals surface area (Å²) in [5.74, 6) is 1.39. The summed E-state index contributed by atoms with van der Waals surface area (Å²) < 4.78 is 0. The molecule has 40 heavy (non-hydrogen) atoms. The van der Waals surface area contributed by atoms with Gasteiger partial charge in [0.25, 0.3) is 0 Å². The molecule has 0 saturated heterocycles. The van der Waals surface area contributed by atoms with Gasteiger partial charge in [-0.1, -0.05) is 73.1 Å². The van der Waals surface area contributed by atoms with Crippen LogP contribution in [0.4, 0.5) is 0 Å². The second-order valence-electron chi connectivity index (χ2n) is 14.0. The first-order valence-electron chi connectivity index (χ1n) is 14.8. The molecular weight excluding hydrogens is 488 g/mol. The summed E-state index contributed by atoms with van der Waals surface area (Å²) in [6.45, 7) is 18.8. The number of aromatic nitrogens is 4. The normalized spacial score (nSPS) is 23.7. The molecule has 5 aliphatic rings. The third kappa shape index (κ3) is 2.73. The second kappa shape index (κ2) is 7.54. The van der Waals surface area contributed by atoms with Crippen molar-refractivity contribution < 1.29 is 0 Å². The maximum absolute atomic E-state index is 4.93. The van der Waals surface area contributed by atoms with Crippen molar-refractivity contribution >= 4 is 17.2 Å². The summed E-state index contributed by atoms with van der Waals surface area (Å²) in [6.07, 6.45) is 15.2. The Bertz CT molecular complexity index is 1810. The summed E-state index contributed by atoms with van der Waals surface area (Å²) in [5, 5.41) is 0. The molecule has 1 aromatic carbocycles. The Hall–Kier alpha value is -3.66. The Balaban J connectivity index is 1.58. The van der Waals surface area contributed by atoms with Crippen LogP contribution >= 0.6 is 0 Å². The molecule has 4 heteroatoms. The Morgan fingerprint density at radius 2 is 1.43 bits per heavy atom. The van der Waals surface area contributed by atoms with E-state index in [0.29, 0.717) is 17.8 Å². The fraction of sp³-hybridized carbons (Fsp3) is 0.389. The molecule has 2 aromatic heterocycles. The van der Waals surface area contributed by atoms with Gasteiger partial charge in [-0.15, -0.1) is 0 Å². The maximum Gasteiger partial charge on any atom is 0.116 e. The van der Waals surface area contributed by atoms with E-state index in [9.17, 15) is 0 Å². The number of benzene rings is 1. The maximum atomic E-state index is 4.93. The molecule has 2 heterocycles. The molecule has 0 amide bonds. The van der Waals surface area contributed by atoms with E-state index in [2.05, 4.69) is 89.7 Å². The molecule has 0 fully saturated rings. The SMILES string of the molecule is CC(C)C1=CC2=C3C(=Cc4c(C(C)C)cc5c6c4C3C1C=C6C(C)(C)c1cncnc1-5)C(C)(C)c1cncnc12. The fourth-order valence-electron chi connectivity index (χ4n) is 8.45. The van der Waals surface area contributed by atoms with Crippen LogP contribution in [-0.2, 0) is 10.8 Å². The van der Waals surface area contributed by atoms with Crippen molar-refractivity contribution in [3.05, 3.63) is 99.1 Å². The van der Waals surface area contributed by atoms with Gasteiger partial charge in [0.1, 0.15) is 12.7 Å². The first-order chi connectivity index (χ1) is 19.0. The van der Waals surface area contributed by atoms with E-state index < -0.39 is 0 Å². The van der Waals surface area contributed by atoms with Gasteiger partial charge in [0.2, 0.25) is 0 Å². The van der Waals surface area contributed by atoms with Gasteiger partial charge in [0.05, 0.1) is 11.4 Å². The minimum absolute atomic E-state index is 0.186. The monoisotopic (exact) mass is 524 g/mol. The lowest BCUT2D eigenvalue weighted by atomic mass is 9.51. The third-order valence-corrected chi connectivity index (χ3v) is 10.5. The Morgan fingerprint density at radius 3 is 2.10 bits per heavy atom. The molecule has 2 atom stereocenters. The van der Waals surface area contributed by atoms with Crippen molar-refractivity contribution in [3.8, 4) is 11.3 Å². The van der Waals surface area contributed by atoms with Crippen LogP contribution in [0.25, 0.3) is 28.5 Å².